The van der Waals surface area contributed by atoms with E-state index in [4.69, 9.17) is 22.3 Å². The van der Waals surface area contributed by atoms with Gasteiger partial charge < -0.3 is 21.4 Å². The Morgan fingerprint density at radius 2 is 1.88 bits per heavy atom. The number of hydrogen-bond donors (Lipinski definition) is 4. The molecule has 0 radical (unpaired) electrons. The largest absolute Gasteiger partial charge is 0.368 e. The zero-order chi connectivity index (χ0) is 24.5. The molecule has 0 aliphatic rings. The van der Waals surface area contributed by atoms with Crippen molar-refractivity contribution in [2.45, 2.75) is 26.2 Å². The fourth-order valence-electron chi connectivity index (χ4n) is 3.26. The van der Waals surface area contributed by atoms with Crippen molar-refractivity contribution >= 4 is 35.0 Å². The molecule has 2 aromatic carbocycles. The lowest BCUT2D eigenvalue weighted by Gasteiger charge is -2.14. The van der Waals surface area contributed by atoms with Gasteiger partial charge in [0.2, 0.25) is 5.95 Å². The van der Waals surface area contributed by atoms with Gasteiger partial charge in [-0.3, -0.25) is 0 Å². The van der Waals surface area contributed by atoms with E-state index in [9.17, 15) is 9.18 Å². The Balaban J connectivity index is 1.65. The van der Waals surface area contributed by atoms with Crippen LogP contribution in [0.25, 0.3) is 22.6 Å². The zero-order valence-electron chi connectivity index (χ0n) is 18.8. The average molecular weight is 480 g/mol. The van der Waals surface area contributed by atoms with Crippen molar-refractivity contribution in [2.75, 3.05) is 16.4 Å². The lowest BCUT2D eigenvalue weighted by Crippen LogP contribution is -2.20. The van der Waals surface area contributed by atoms with Crippen molar-refractivity contribution in [1.82, 2.24) is 19.9 Å². The fourth-order valence-corrected chi connectivity index (χ4v) is 3.41. The van der Waals surface area contributed by atoms with E-state index >= 15 is 0 Å². The summed E-state index contributed by atoms with van der Waals surface area (Å²) in [5, 5.41) is 5.43. The monoisotopic (exact) mass is 479 g/mol. The summed E-state index contributed by atoms with van der Waals surface area (Å²) < 4.78 is 14.0. The Hall–Kier alpha value is -3.98. The van der Waals surface area contributed by atoms with E-state index in [1.54, 1.807) is 30.5 Å². The molecule has 2 aromatic heterocycles. The molecule has 10 heteroatoms. The molecule has 0 spiro atoms. The third-order valence-electron chi connectivity index (χ3n) is 4.92. The summed E-state index contributed by atoms with van der Waals surface area (Å²) in [6.07, 6.45) is 1.58. The van der Waals surface area contributed by atoms with Crippen LogP contribution in [0.15, 0.2) is 54.7 Å². The first-order valence-electron chi connectivity index (χ1n) is 10.4. The number of aromatic nitrogens is 4. The van der Waals surface area contributed by atoms with E-state index in [1.165, 1.54) is 12.1 Å². The highest BCUT2D eigenvalue weighted by atomic mass is 35.5. The number of amides is 2. The van der Waals surface area contributed by atoms with Crippen molar-refractivity contribution < 1.29 is 9.18 Å². The molecule has 34 heavy (non-hydrogen) atoms. The molecule has 2 amide bonds. The van der Waals surface area contributed by atoms with Crippen LogP contribution in [0.5, 0.6) is 0 Å². The molecule has 0 unspecified atom stereocenters. The minimum absolute atomic E-state index is 0.0174. The van der Waals surface area contributed by atoms with Crippen molar-refractivity contribution in [3.63, 3.8) is 0 Å². The lowest BCUT2D eigenvalue weighted by atomic mass is 9.96. The van der Waals surface area contributed by atoms with Gasteiger partial charge in [-0.25, -0.2) is 24.1 Å². The highest BCUT2D eigenvalue weighted by molar-refractivity contribution is 6.30. The minimum Gasteiger partial charge on any atom is -0.368 e. The number of nitrogens with two attached hydrogens (primary N) is 1. The molecule has 2 heterocycles. The van der Waals surface area contributed by atoms with Crippen molar-refractivity contribution in [1.29, 1.82) is 0 Å². The van der Waals surface area contributed by atoms with Gasteiger partial charge >= 0.3 is 6.03 Å². The molecular formula is C24H23ClFN7O. The topological polar surface area (TPSA) is 122 Å². The Morgan fingerprint density at radius 1 is 1.09 bits per heavy atom. The van der Waals surface area contributed by atoms with Crippen molar-refractivity contribution in [3.8, 4) is 22.6 Å². The van der Waals surface area contributed by atoms with Crippen molar-refractivity contribution in [2.24, 2.45) is 0 Å². The number of nitrogens with one attached hydrogen (secondary N) is 3. The van der Waals surface area contributed by atoms with E-state index in [2.05, 4.69) is 25.6 Å². The van der Waals surface area contributed by atoms with E-state index in [0.29, 0.717) is 22.8 Å². The summed E-state index contributed by atoms with van der Waals surface area (Å²) in [6, 6.07) is 12.3. The second kappa shape index (κ2) is 9.11. The molecule has 174 valence electrons. The molecule has 4 rings (SSSR count). The van der Waals surface area contributed by atoms with Crippen LogP contribution in [0.3, 0.4) is 0 Å². The van der Waals surface area contributed by atoms with Crippen LogP contribution < -0.4 is 16.4 Å². The molecule has 0 aliphatic carbocycles. The Kier molecular flexibility index (Phi) is 6.21. The summed E-state index contributed by atoms with van der Waals surface area (Å²) in [4.78, 5) is 28.9. The van der Waals surface area contributed by atoms with Gasteiger partial charge in [-0.2, -0.15) is 0 Å². The number of nitrogen functional groups attached to an aromatic ring is 1. The molecule has 0 saturated heterocycles. The number of aromatic amines is 1. The first kappa shape index (κ1) is 23.2. The number of halogens is 2. The van der Waals surface area contributed by atoms with Crippen LogP contribution in [0.2, 0.25) is 5.02 Å². The SMILES string of the molecule is CC(C)(C)c1nc(-c2cccc(NC(=O)Nc3ccc(Cl)cc3F)c2)c(-c2ccnc(N)n2)[nH]1. The van der Waals surface area contributed by atoms with Gasteiger partial charge in [0.15, 0.2) is 0 Å². The van der Waals surface area contributed by atoms with E-state index in [1.807, 2.05) is 26.8 Å². The number of urea groups is 1. The summed E-state index contributed by atoms with van der Waals surface area (Å²) >= 11 is 5.76. The number of benzene rings is 2. The Bertz CT molecular complexity index is 1360. The van der Waals surface area contributed by atoms with Gasteiger partial charge in [-0.15, -0.1) is 0 Å². The van der Waals surface area contributed by atoms with Gasteiger partial charge in [-0.1, -0.05) is 44.5 Å². The average Bonchev–Trinajstić information content (AvgIpc) is 3.22. The standard InChI is InChI=1S/C24H23ClFN7O/c1-24(2,3)21-32-19(20(33-21)18-9-10-28-22(27)30-18)13-5-4-6-15(11-13)29-23(34)31-17-8-7-14(25)12-16(17)26/h4-12H,1-3H3,(H,32,33)(H2,27,28,30)(H2,29,31,34). The molecule has 0 bridgehead atoms. The number of H-pyrrole nitrogens is 1. The summed E-state index contributed by atoms with van der Waals surface area (Å²) in [6.45, 7) is 6.14. The second-order valence-electron chi connectivity index (χ2n) is 8.64. The van der Waals surface area contributed by atoms with E-state index in [0.717, 1.165) is 17.5 Å². The lowest BCUT2D eigenvalue weighted by molar-refractivity contribution is 0.262. The molecule has 4 aromatic rings. The number of anilines is 3. The molecule has 0 fully saturated rings. The number of nitrogens with zero attached hydrogens (tertiary/aromatic N) is 3. The quantitative estimate of drug-likeness (QED) is 0.292. The second-order valence-corrected chi connectivity index (χ2v) is 9.08. The van der Waals surface area contributed by atoms with Crippen LogP contribution in [-0.2, 0) is 5.41 Å². The number of hydrogen-bond acceptors (Lipinski definition) is 5. The third-order valence-corrected chi connectivity index (χ3v) is 5.15. The minimum atomic E-state index is -0.628. The molecule has 0 aliphatic heterocycles. The summed E-state index contributed by atoms with van der Waals surface area (Å²) in [7, 11) is 0. The summed E-state index contributed by atoms with van der Waals surface area (Å²) in [5.41, 5.74) is 8.74. The highest BCUT2D eigenvalue weighted by Gasteiger charge is 2.23. The molecular weight excluding hydrogens is 457 g/mol. The predicted molar refractivity (Wildman–Crippen MR) is 132 cm³/mol. The first-order chi connectivity index (χ1) is 16.1. The van der Waals surface area contributed by atoms with E-state index in [-0.39, 0.29) is 22.1 Å². The van der Waals surface area contributed by atoms with Crippen LogP contribution in [0.1, 0.15) is 26.6 Å². The Labute approximate surface area is 200 Å². The fraction of sp³-hybridized carbons (Fsp3) is 0.167. The van der Waals surface area contributed by atoms with Crippen LogP contribution in [0.4, 0.5) is 26.5 Å². The number of rotatable bonds is 4. The van der Waals surface area contributed by atoms with Crippen LogP contribution in [-0.4, -0.2) is 26.0 Å². The normalized spacial score (nSPS) is 11.3. The number of carbonyl (C=O) groups excluding carboxylic acids is 1. The maximum atomic E-state index is 14.0. The van der Waals surface area contributed by atoms with Gasteiger partial charge in [0.05, 0.1) is 22.8 Å². The molecule has 0 saturated carbocycles. The summed E-state index contributed by atoms with van der Waals surface area (Å²) in [5.74, 6) is 0.289. The maximum absolute atomic E-state index is 14.0. The van der Waals surface area contributed by atoms with Gasteiger partial charge in [-0.05, 0) is 36.4 Å². The molecule has 0 atom stereocenters. The van der Waals surface area contributed by atoms with Crippen LogP contribution >= 0.6 is 11.6 Å². The smallest absolute Gasteiger partial charge is 0.323 e. The number of carbonyl (C=O) groups is 1. The third kappa shape index (κ3) is 5.15. The molecule has 5 N–H and O–H groups in total. The maximum Gasteiger partial charge on any atom is 0.323 e. The predicted octanol–water partition coefficient (Wildman–Crippen LogP) is 5.85. The Morgan fingerprint density at radius 3 is 2.59 bits per heavy atom. The van der Waals surface area contributed by atoms with Gasteiger partial charge in [0, 0.05) is 27.9 Å². The highest BCUT2D eigenvalue weighted by Crippen LogP contribution is 2.33. The van der Waals surface area contributed by atoms with Crippen molar-refractivity contribution in [3.05, 3.63) is 71.4 Å². The van der Waals surface area contributed by atoms with Crippen LogP contribution in [0, 0.1) is 5.82 Å². The number of imidazole rings is 1. The van der Waals surface area contributed by atoms with Gasteiger partial charge in [0.1, 0.15) is 11.6 Å². The first-order valence-corrected chi connectivity index (χ1v) is 10.8. The molecule has 8 nitrogen and oxygen atoms in total. The zero-order valence-corrected chi connectivity index (χ0v) is 19.5. The van der Waals surface area contributed by atoms with E-state index < -0.39 is 11.8 Å². The van der Waals surface area contributed by atoms with Gasteiger partial charge in [0.25, 0.3) is 0 Å².